The number of carbonyl (C=O) groups excluding carboxylic acids is 2. The van der Waals surface area contributed by atoms with Crippen LogP contribution in [0, 0.1) is 13.8 Å². The van der Waals surface area contributed by atoms with E-state index in [0.29, 0.717) is 12.2 Å². The maximum atomic E-state index is 13.2. The molecule has 0 heterocycles. The SMILES string of the molecule is COCC(C)(C)N(CC(=O)OCc1ccccc1)C(=O)c1cc(C)cc(C)c1. The monoisotopic (exact) mass is 383 g/mol. The van der Waals surface area contributed by atoms with Gasteiger partial charge in [0.2, 0.25) is 0 Å². The van der Waals surface area contributed by atoms with Gasteiger partial charge in [-0.15, -0.1) is 0 Å². The van der Waals surface area contributed by atoms with Crippen LogP contribution in [0.25, 0.3) is 0 Å². The van der Waals surface area contributed by atoms with Crippen LogP contribution in [-0.2, 0) is 20.9 Å². The number of hydrogen-bond acceptors (Lipinski definition) is 4. The Kier molecular flexibility index (Phi) is 7.35. The maximum absolute atomic E-state index is 13.2. The lowest BCUT2D eigenvalue weighted by Gasteiger charge is -2.37. The first-order chi connectivity index (χ1) is 13.2. The molecule has 5 nitrogen and oxygen atoms in total. The molecule has 0 aliphatic rings. The summed E-state index contributed by atoms with van der Waals surface area (Å²) in [7, 11) is 1.58. The van der Waals surface area contributed by atoms with E-state index < -0.39 is 11.5 Å². The van der Waals surface area contributed by atoms with Gasteiger partial charge >= 0.3 is 5.97 Å². The number of aryl methyl sites for hydroxylation is 2. The van der Waals surface area contributed by atoms with E-state index in [1.807, 2.05) is 76.2 Å². The molecule has 0 fully saturated rings. The number of carbonyl (C=O) groups is 2. The Labute approximate surface area is 167 Å². The maximum Gasteiger partial charge on any atom is 0.326 e. The van der Waals surface area contributed by atoms with E-state index >= 15 is 0 Å². The number of hydrogen-bond donors (Lipinski definition) is 0. The van der Waals surface area contributed by atoms with Crippen molar-refractivity contribution in [2.75, 3.05) is 20.3 Å². The van der Waals surface area contributed by atoms with Gasteiger partial charge < -0.3 is 14.4 Å². The largest absolute Gasteiger partial charge is 0.459 e. The summed E-state index contributed by atoms with van der Waals surface area (Å²) in [5.74, 6) is -0.670. The minimum Gasteiger partial charge on any atom is -0.459 e. The number of rotatable bonds is 8. The average Bonchev–Trinajstić information content (AvgIpc) is 2.64. The predicted molar refractivity (Wildman–Crippen MR) is 109 cm³/mol. The highest BCUT2D eigenvalue weighted by Gasteiger charge is 2.34. The summed E-state index contributed by atoms with van der Waals surface area (Å²) >= 11 is 0. The van der Waals surface area contributed by atoms with Crippen LogP contribution >= 0.6 is 0 Å². The molecule has 0 aliphatic carbocycles. The minimum atomic E-state index is -0.671. The normalized spacial score (nSPS) is 11.2. The third-order valence-electron chi connectivity index (χ3n) is 4.47. The van der Waals surface area contributed by atoms with Crippen molar-refractivity contribution in [3.63, 3.8) is 0 Å². The second-order valence-corrected chi connectivity index (χ2v) is 7.66. The molecule has 0 N–H and O–H groups in total. The zero-order chi connectivity index (χ0) is 20.7. The third kappa shape index (κ3) is 5.92. The number of nitrogens with zero attached hydrogens (tertiary/aromatic N) is 1. The molecule has 2 aromatic rings. The highest BCUT2D eigenvalue weighted by Crippen LogP contribution is 2.20. The second kappa shape index (κ2) is 9.51. The summed E-state index contributed by atoms with van der Waals surface area (Å²) in [6.07, 6.45) is 0. The Morgan fingerprint density at radius 3 is 2.18 bits per heavy atom. The van der Waals surface area contributed by atoms with Crippen molar-refractivity contribution in [2.24, 2.45) is 0 Å². The van der Waals surface area contributed by atoms with Crippen LogP contribution in [0.3, 0.4) is 0 Å². The topological polar surface area (TPSA) is 55.8 Å². The summed E-state index contributed by atoms with van der Waals surface area (Å²) < 4.78 is 10.7. The highest BCUT2D eigenvalue weighted by molar-refractivity contribution is 5.96. The van der Waals surface area contributed by atoms with Crippen molar-refractivity contribution in [2.45, 2.75) is 39.8 Å². The number of amides is 1. The van der Waals surface area contributed by atoms with Gasteiger partial charge in [-0.05, 0) is 45.4 Å². The van der Waals surface area contributed by atoms with Gasteiger partial charge in [-0.1, -0.05) is 47.5 Å². The van der Waals surface area contributed by atoms with Crippen molar-refractivity contribution in [1.82, 2.24) is 4.90 Å². The molecule has 0 aromatic heterocycles. The molecule has 0 saturated carbocycles. The standard InChI is InChI=1S/C23H29NO4/c1-17-11-18(2)13-20(12-17)22(26)24(23(3,4)16-27-5)14-21(25)28-15-19-9-7-6-8-10-19/h6-13H,14-16H2,1-5H3. The molecule has 0 spiro atoms. The van der Waals surface area contributed by atoms with Crippen molar-refractivity contribution < 1.29 is 19.1 Å². The van der Waals surface area contributed by atoms with Crippen LogP contribution in [0.1, 0.15) is 40.9 Å². The van der Waals surface area contributed by atoms with E-state index in [1.165, 1.54) is 4.90 Å². The highest BCUT2D eigenvalue weighted by atomic mass is 16.5. The lowest BCUT2D eigenvalue weighted by Crippen LogP contribution is -2.52. The molecule has 0 radical (unpaired) electrons. The molecule has 28 heavy (non-hydrogen) atoms. The van der Waals surface area contributed by atoms with Gasteiger partial charge in [-0.25, -0.2) is 0 Å². The minimum absolute atomic E-state index is 0.144. The molecule has 0 unspecified atom stereocenters. The summed E-state index contributed by atoms with van der Waals surface area (Å²) in [6, 6.07) is 15.1. The Hall–Kier alpha value is -2.66. The molecule has 0 aliphatic heterocycles. The first-order valence-electron chi connectivity index (χ1n) is 9.31. The van der Waals surface area contributed by atoms with Gasteiger partial charge in [0.25, 0.3) is 5.91 Å². The van der Waals surface area contributed by atoms with Crippen LogP contribution in [0.2, 0.25) is 0 Å². The fourth-order valence-corrected chi connectivity index (χ4v) is 3.16. The average molecular weight is 383 g/mol. The smallest absolute Gasteiger partial charge is 0.326 e. The summed E-state index contributed by atoms with van der Waals surface area (Å²) in [5, 5.41) is 0. The number of methoxy groups -OCH3 is 1. The van der Waals surface area contributed by atoms with Gasteiger partial charge in [-0.2, -0.15) is 0 Å². The second-order valence-electron chi connectivity index (χ2n) is 7.66. The van der Waals surface area contributed by atoms with Gasteiger partial charge in [-0.3, -0.25) is 9.59 Å². The molecular formula is C23H29NO4. The zero-order valence-electron chi connectivity index (χ0n) is 17.3. The zero-order valence-corrected chi connectivity index (χ0v) is 17.3. The van der Waals surface area contributed by atoms with Crippen LogP contribution < -0.4 is 0 Å². The molecule has 0 saturated heterocycles. The van der Waals surface area contributed by atoms with Gasteiger partial charge in [0.15, 0.2) is 0 Å². The van der Waals surface area contributed by atoms with E-state index in [0.717, 1.165) is 16.7 Å². The number of ether oxygens (including phenoxy) is 2. The lowest BCUT2D eigenvalue weighted by molar-refractivity contribution is -0.147. The van der Waals surface area contributed by atoms with E-state index in [9.17, 15) is 9.59 Å². The van der Waals surface area contributed by atoms with E-state index in [2.05, 4.69) is 0 Å². The van der Waals surface area contributed by atoms with Crippen molar-refractivity contribution in [3.8, 4) is 0 Å². The molecule has 5 heteroatoms. The number of esters is 1. The molecule has 1 amide bonds. The Morgan fingerprint density at radius 1 is 1.00 bits per heavy atom. The quantitative estimate of drug-likeness (QED) is 0.649. The Morgan fingerprint density at radius 2 is 1.61 bits per heavy atom. The van der Waals surface area contributed by atoms with E-state index in [4.69, 9.17) is 9.47 Å². The van der Waals surface area contributed by atoms with E-state index in [1.54, 1.807) is 7.11 Å². The van der Waals surface area contributed by atoms with Gasteiger partial charge in [0.1, 0.15) is 13.2 Å². The molecule has 2 rings (SSSR count). The van der Waals surface area contributed by atoms with Gasteiger partial charge in [0, 0.05) is 12.7 Å². The van der Waals surface area contributed by atoms with Gasteiger partial charge in [0.05, 0.1) is 12.1 Å². The van der Waals surface area contributed by atoms with Crippen LogP contribution in [0.15, 0.2) is 48.5 Å². The Balaban J connectivity index is 2.19. The lowest BCUT2D eigenvalue weighted by atomic mass is 10.0. The first kappa shape index (κ1) is 21.6. The van der Waals surface area contributed by atoms with Crippen LogP contribution in [0.5, 0.6) is 0 Å². The summed E-state index contributed by atoms with van der Waals surface area (Å²) in [6.45, 7) is 7.98. The van der Waals surface area contributed by atoms with Crippen LogP contribution in [-0.4, -0.2) is 42.6 Å². The van der Waals surface area contributed by atoms with Crippen LogP contribution in [0.4, 0.5) is 0 Å². The molecule has 2 aromatic carbocycles. The summed E-state index contributed by atoms with van der Waals surface area (Å²) in [4.78, 5) is 27.3. The molecule has 150 valence electrons. The first-order valence-corrected chi connectivity index (χ1v) is 9.31. The Bertz CT molecular complexity index is 794. The van der Waals surface area contributed by atoms with E-state index in [-0.39, 0.29) is 19.1 Å². The third-order valence-corrected chi connectivity index (χ3v) is 4.47. The number of benzene rings is 2. The summed E-state index contributed by atoms with van der Waals surface area (Å²) in [5.41, 5.74) is 2.78. The fourth-order valence-electron chi connectivity index (χ4n) is 3.16. The van der Waals surface area contributed by atoms with Crippen molar-refractivity contribution in [1.29, 1.82) is 0 Å². The van der Waals surface area contributed by atoms with Crippen molar-refractivity contribution >= 4 is 11.9 Å². The predicted octanol–water partition coefficient (Wildman–Crippen LogP) is 3.91. The van der Waals surface area contributed by atoms with Crippen molar-refractivity contribution in [3.05, 3.63) is 70.8 Å². The fraction of sp³-hybridized carbons (Fsp3) is 0.391. The molecular weight excluding hydrogens is 354 g/mol. The molecule has 0 bridgehead atoms. The molecule has 0 atom stereocenters.